The van der Waals surface area contributed by atoms with E-state index in [1.165, 1.54) is 19.5 Å². The van der Waals surface area contributed by atoms with Gasteiger partial charge in [0.2, 0.25) is 0 Å². The molecule has 0 aromatic carbocycles. The van der Waals surface area contributed by atoms with Gasteiger partial charge in [0.25, 0.3) is 0 Å². The van der Waals surface area contributed by atoms with Gasteiger partial charge in [-0.15, -0.1) is 0 Å². The lowest BCUT2D eigenvalue weighted by molar-refractivity contribution is 0.126. The molecule has 0 radical (unpaired) electrons. The summed E-state index contributed by atoms with van der Waals surface area (Å²) in [7, 11) is 0. The summed E-state index contributed by atoms with van der Waals surface area (Å²) in [4.78, 5) is 5.07. The standard InChI is InChI=1S/C13H28N2O/c1-5-14(6-2)13-7-8-15(10-13)11(3)9-12(4)16/h11-13,16H,5-10H2,1-4H3. The van der Waals surface area contributed by atoms with Crippen LogP contribution in [0.5, 0.6) is 0 Å². The van der Waals surface area contributed by atoms with Crippen molar-refractivity contribution in [2.75, 3.05) is 26.2 Å². The Morgan fingerprint density at radius 1 is 1.31 bits per heavy atom. The first-order valence-electron chi connectivity index (χ1n) is 6.74. The van der Waals surface area contributed by atoms with Crippen LogP contribution in [-0.2, 0) is 0 Å². The van der Waals surface area contributed by atoms with Crippen molar-refractivity contribution in [1.29, 1.82) is 0 Å². The smallest absolute Gasteiger partial charge is 0.0526 e. The monoisotopic (exact) mass is 228 g/mol. The van der Waals surface area contributed by atoms with Crippen LogP contribution in [0.15, 0.2) is 0 Å². The largest absolute Gasteiger partial charge is 0.393 e. The summed E-state index contributed by atoms with van der Waals surface area (Å²) in [6.07, 6.45) is 2.00. The quantitative estimate of drug-likeness (QED) is 0.747. The van der Waals surface area contributed by atoms with E-state index in [1.54, 1.807) is 0 Å². The normalized spacial score (nSPS) is 26.2. The minimum Gasteiger partial charge on any atom is -0.393 e. The van der Waals surface area contributed by atoms with Crippen LogP contribution in [0, 0.1) is 0 Å². The molecule has 3 unspecified atom stereocenters. The molecule has 1 aliphatic rings. The third-order valence-corrected chi connectivity index (χ3v) is 3.83. The molecule has 1 aliphatic heterocycles. The maximum absolute atomic E-state index is 9.41. The van der Waals surface area contributed by atoms with Crippen LogP contribution in [0.4, 0.5) is 0 Å². The van der Waals surface area contributed by atoms with E-state index in [4.69, 9.17) is 0 Å². The van der Waals surface area contributed by atoms with E-state index in [9.17, 15) is 5.11 Å². The van der Waals surface area contributed by atoms with Gasteiger partial charge in [0.05, 0.1) is 6.10 Å². The maximum atomic E-state index is 9.41. The molecule has 3 heteroatoms. The van der Waals surface area contributed by atoms with Gasteiger partial charge in [-0.1, -0.05) is 13.8 Å². The molecule has 0 aromatic rings. The minimum absolute atomic E-state index is 0.178. The second-order valence-corrected chi connectivity index (χ2v) is 5.09. The third-order valence-electron chi connectivity index (χ3n) is 3.83. The van der Waals surface area contributed by atoms with Crippen molar-refractivity contribution in [2.24, 2.45) is 0 Å². The zero-order valence-corrected chi connectivity index (χ0v) is 11.3. The fourth-order valence-electron chi connectivity index (χ4n) is 2.85. The molecule has 0 spiro atoms. The molecule has 3 atom stereocenters. The predicted octanol–water partition coefficient (Wildman–Crippen LogP) is 1.56. The van der Waals surface area contributed by atoms with Crippen molar-refractivity contribution in [2.45, 2.75) is 58.7 Å². The summed E-state index contributed by atoms with van der Waals surface area (Å²) in [6, 6.07) is 1.24. The van der Waals surface area contributed by atoms with Crippen LogP contribution < -0.4 is 0 Å². The first-order chi connectivity index (χ1) is 7.58. The molecule has 0 saturated carbocycles. The minimum atomic E-state index is -0.178. The summed E-state index contributed by atoms with van der Waals surface area (Å²) in [5.74, 6) is 0. The number of hydrogen-bond donors (Lipinski definition) is 1. The van der Waals surface area contributed by atoms with Crippen LogP contribution in [-0.4, -0.2) is 59.3 Å². The van der Waals surface area contributed by atoms with Crippen LogP contribution in [0.2, 0.25) is 0 Å². The second-order valence-electron chi connectivity index (χ2n) is 5.09. The SMILES string of the molecule is CCN(CC)C1CCN(C(C)CC(C)O)C1. The highest BCUT2D eigenvalue weighted by Gasteiger charge is 2.29. The number of rotatable bonds is 6. The van der Waals surface area contributed by atoms with Crippen LogP contribution >= 0.6 is 0 Å². The number of hydrogen-bond acceptors (Lipinski definition) is 3. The Hall–Kier alpha value is -0.120. The summed E-state index contributed by atoms with van der Waals surface area (Å²) in [6.45, 7) is 13.3. The van der Waals surface area contributed by atoms with Gasteiger partial charge >= 0.3 is 0 Å². The van der Waals surface area contributed by atoms with Crippen LogP contribution in [0.25, 0.3) is 0 Å². The first kappa shape index (κ1) is 13.9. The first-order valence-corrected chi connectivity index (χ1v) is 6.74. The molecular formula is C13H28N2O. The highest BCUT2D eigenvalue weighted by Crippen LogP contribution is 2.19. The number of likely N-dealkylation sites (tertiary alicyclic amines) is 1. The molecule has 1 fully saturated rings. The van der Waals surface area contributed by atoms with Gasteiger partial charge in [-0.25, -0.2) is 0 Å². The average Bonchev–Trinajstić information content (AvgIpc) is 2.68. The van der Waals surface area contributed by atoms with E-state index in [0.29, 0.717) is 6.04 Å². The lowest BCUT2D eigenvalue weighted by Crippen LogP contribution is -2.39. The summed E-state index contributed by atoms with van der Waals surface area (Å²) >= 11 is 0. The molecule has 3 nitrogen and oxygen atoms in total. The molecule has 1 saturated heterocycles. The fourth-order valence-corrected chi connectivity index (χ4v) is 2.85. The van der Waals surface area contributed by atoms with E-state index in [1.807, 2.05) is 6.92 Å². The van der Waals surface area contributed by atoms with Gasteiger partial charge in [0.15, 0.2) is 0 Å². The van der Waals surface area contributed by atoms with Gasteiger partial charge < -0.3 is 5.11 Å². The Morgan fingerprint density at radius 3 is 2.44 bits per heavy atom. The molecule has 1 N–H and O–H groups in total. The molecule has 0 amide bonds. The van der Waals surface area contributed by atoms with Crippen molar-refractivity contribution in [3.63, 3.8) is 0 Å². The summed E-state index contributed by atoms with van der Waals surface area (Å²) < 4.78 is 0. The number of likely N-dealkylation sites (N-methyl/N-ethyl adjacent to an activating group) is 1. The lowest BCUT2D eigenvalue weighted by Gasteiger charge is -2.29. The summed E-state index contributed by atoms with van der Waals surface area (Å²) in [5.41, 5.74) is 0. The van der Waals surface area contributed by atoms with Gasteiger partial charge in [0, 0.05) is 25.2 Å². The molecule has 0 aliphatic carbocycles. The highest BCUT2D eigenvalue weighted by molar-refractivity contribution is 4.85. The molecule has 1 rings (SSSR count). The van der Waals surface area contributed by atoms with Gasteiger partial charge in [0.1, 0.15) is 0 Å². The van der Waals surface area contributed by atoms with Gasteiger partial charge in [-0.05, 0) is 39.8 Å². The van der Waals surface area contributed by atoms with E-state index < -0.39 is 0 Å². The zero-order valence-electron chi connectivity index (χ0n) is 11.3. The number of nitrogens with zero attached hydrogens (tertiary/aromatic N) is 2. The van der Waals surface area contributed by atoms with E-state index in [2.05, 4.69) is 30.6 Å². The van der Waals surface area contributed by atoms with Crippen molar-refractivity contribution >= 4 is 0 Å². The van der Waals surface area contributed by atoms with Crippen LogP contribution in [0.1, 0.15) is 40.5 Å². The Morgan fingerprint density at radius 2 is 1.94 bits per heavy atom. The zero-order chi connectivity index (χ0) is 12.1. The van der Waals surface area contributed by atoms with Crippen molar-refractivity contribution < 1.29 is 5.11 Å². The Bertz CT molecular complexity index is 192. The van der Waals surface area contributed by atoms with E-state index >= 15 is 0 Å². The van der Waals surface area contributed by atoms with Crippen LogP contribution in [0.3, 0.4) is 0 Å². The van der Waals surface area contributed by atoms with Gasteiger partial charge in [-0.2, -0.15) is 0 Å². The molecule has 0 aromatic heterocycles. The fraction of sp³-hybridized carbons (Fsp3) is 1.00. The maximum Gasteiger partial charge on any atom is 0.0526 e. The third kappa shape index (κ3) is 3.72. The average molecular weight is 228 g/mol. The topological polar surface area (TPSA) is 26.7 Å². The predicted molar refractivity (Wildman–Crippen MR) is 68.7 cm³/mol. The second kappa shape index (κ2) is 6.58. The molecule has 0 bridgehead atoms. The van der Waals surface area contributed by atoms with Crippen molar-refractivity contribution in [3.8, 4) is 0 Å². The Kier molecular flexibility index (Phi) is 5.73. The molecular weight excluding hydrogens is 200 g/mol. The number of aliphatic hydroxyl groups excluding tert-OH is 1. The molecule has 1 heterocycles. The van der Waals surface area contributed by atoms with Crippen molar-refractivity contribution in [1.82, 2.24) is 9.80 Å². The van der Waals surface area contributed by atoms with E-state index in [0.717, 1.165) is 25.6 Å². The lowest BCUT2D eigenvalue weighted by atomic mass is 10.1. The van der Waals surface area contributed by atoms with E-state index in [-0.39, 0.29) is 6.10 Å². The Balaban J connectivity index is 2.39. The Labute approximate surface area is 100 Å². The molecule has 16 heavy (non-hydrogen) atoms. The highest BCUT2D eigenvalue weighted by atomic mass is 16.3. The molecule has 96 valence electrons. The number of aliphatic hydroxyl groups is 1. The summed E-state index contributed by atoms with van der Waals surface area (Å²) in [5, 5.41) is 9.41. The van der Waals surface area contributed by atoms with Crippen molar-refractivity contribution in [3.05, 3.63) is 0 Å². The van der Waals surface area contributed by atoms with Gasteiger partial charge in [-0.3, -0.25) is 9.80 Å².